The van der Waals surface area contributed by atoms with Crippen molar-refractivity contribution in [1.29, 1.82) is 0 Å². The SMILES string of the molecule is CNC(C)Cc1noc(-c2ccc(-c3ccc(OC(F)F)cc3)s2)n1. The van der Waals surface area contributed by atoms with Gasteiger partial charge in [0.1, 0.15) is 5.75 Å². The minimum atomic E-state index is -2.82. The zero-order valence-electron chi connectivity index (χ0n) is 13.7. The maximum Gasteiger partial charge on any atom is 0.387 e. The fraction of sp³-hybridized carbons (Fsp3) is 0.294. The van der Waals surface area contributed by atoms with Gasteiger partial charge in [0.05, 0.1) is 4.88 Å². The third-order valence-corrected chi connectivity index (χ3v) is 4.75. The number of aromatic nitrogens is 2. The van der Waals surface area contributed by atoms with Gasteiger partial charge in [-0.2, -0.15) is 13.8 Å². The normalized spacial score (nSPS) is 12.5. The van der Waals surface area contributed by atoms with Crippen LogP contribution in [0.5, 0.6) is 5.75 Å². The molecule has 8 heteroatoms. The number of hydrogen-bond acceptors (Lipinski definition) is 6. The molecule has 1 unspecified atom stereocenters. The summed E-state index contributed by atoms with van der Waals surface area (Å²) < 4.78 is 34.1. The molecule has 0 spiro atoms. The quantitative estimate of drug-likeness (QED) is 0.679. The number of nitrogens with one attached hydrogen (secondary N) is 1. The maximum absolute atomic E-state index is 12.2. The average molecular weight is 365 g/mol. The van der Waals surface area contributed by atoms with Gasteiger partial charge in [-0.3, -0.25) is 0 Å². The molecule has 0 radical (unpaired) electrons. The summed E-state index contributed by atoms with van der Waals surface area (Å²) in [6.07, 6.45) is 0.684. The molecule has 132 valence electrons. The molecule has 3 rings (SSSR count). The van der Waals surface area contributed by atoms with Crippen molar-refractivity contribution in [1.82, 2.24) is 15.5 Å². The third kappa shape index (κ3) is 4.40. The van der Waals surface area contributed by atoms with Crippen LogP contribution in [0.15, 0.2) is 40.9 Å². The lowest BCUT2D eigenvalue weighted by Crippen LogP contribution is -2.24. The Morgan fingerprint density at radius 2 is 1.88 bits per heavy atom. The van der Waals surface area contributed by atoms with Crippen molar-refractivity contribution in [2.24, 2.45) is 0 Å². The van der Waals surface area contributed by atoms with Crippen molar-refractivity contribution in [3.8, 4) is 27.0 Å². The van der Waals surface area contributed by atoms with E-state index < -0.39 is 6.61 Å². The first-order valence-corrected chi connectivity index (χ1v) is 8.52. The highest BCUT2D eigenvalue weighted by atomic mass is 32.1. The Kier molecular flexibility index (Phi) is 5.40. The van der Waals surface area contributed by atoms with E-state index in [1.54, 1.807) is 12.1 Å². The molecule has 5 nitrogen and oxygen atoms in total. The second kappa shape index (κ2) is 7.71. The van der Waals surface area contributed by atoms with Crippen LogP contribution in [0.3, 0.4) is 0 Å². The van der Waals surface area contributed by atoms with Gasteiger partial charge in [0.2, 0.25) is 0 Å². The summed E-state index contributed by atoms with van der Waals surface area (Å²) in [4.78, 5) is 6.25. The average Bonchev–Trinajstić information content (AvgIpc) is 3.24. The lowest BCUT2D eigenvalue weighted by Gasteiger charge is -2.04. The van der Waals surface area contributed by atoms with E-state index in [0.29, 0.717) is 18.1 Å². The molecule has 3 aromatic rings. The summed E-state index contributed by atoms with van der Waals surface area (Å²) in [7, 11) is 1.88. The molecule has 25 heavy (non-hydrogen) atoms. The van der Waals surface area contributed by atoms with E-state index in [-0.39, 0.29) is 11.8 Å². The molecule has 0 saturated carbocycles. The fourth-order valence-electron chi connectivity index (χ4n) is 2.22. The van der Waals surface area contributed by atoms with Crippen molar-refractivity contribution < 1.29 is 18.0 Å². The number of alkyl halides is 2. The van der Waals surface area contributed by atoms with Crippen LogP contribution >= 0.6 is 11.3 Å². The van der Waals surface area contributed by atoms with Crippen LogP contribution in [-0.4, -0.2) is 29.8 Å². The molecule has 0 amide bonds. The van der Waals surface area contributed by atoms with Gasteiger partial charge < -0.3 is 14.6 Å². The Hall–Kier alpha value is -2.32. The summed E-state index contributed by atoms with van der Waals surface area (Å²) in [5.74, 6) is 1.27. The van der Waals surface area contributed by atoms with Gasteiger partial charge in [-0.1, -0.05) is 5.16 Å². The Labute approximate surface area is 147 Å². The molecule has 1 atom stereocenters. The molecule has 2 aromatic heterocycles. The van der Waals surface area contributed by atoms with E-state index in [1.165, 1.54) is 23.5 Å². The minimum Gasteiger partial charge on any atom is -0.435 e. The van der Waals surface area contributed by atoms with Crippen LogP contribution in [0, 0.1) is 0 Å². The van der Waals surface area contributed by atoms with Crippen LogP contribution in [0.4, 0.5) is 8.78 Å². The number of hydrogen-bond donors (Lipinski definition) is 1. The number of benzene rings is 1. The lowest BCUT2D eigenvalue weighted by molar-refractivity contribution is -0.0498. The van der Waals surface area contributed by atoms with Gasteiger partial charge in [-0.25, -0.2) is 0 Å². The van der Waals surface area contributed by atoms with Crippen LogP contribution in [-0.2, 0) is 6.42 Å². The first kappa shape index (κ1) is 17.5. The van der Waals surface area contributed by atoms with E-state index >= 15 is 0 Å². The van der Waals surface area contributed by atoms with Gasteiger partial charge >= 0.3 is 6.61 Å². The monoisotopic (exact) mass is 365 g/mol. The highest BCUT2D eigenvalue weighted by molar-refractivity contribution is 7.18. The number of nitrogens with zero attached hydrogens (tertiary/aromatic N) is 2. The van der Waals surface area contributed by atoms with Crippen LogP contribution in [0.25, 0.3) is 21.2 Å². The Balaban J connectivity index is 1.74. The van der Waals surface area contributed by atoms with Gasteiger partial charge in [0.15, 0.2) is 5.82 Å². The molecule has 0 bridgehead atoms. The number of halogens is 2. The Morgan fingerprint density at radius 3 is 2.56 bits per heavy atom. The van der Waals surface area contributed by atoms with Crippen LogP contribution in [0.1, 0.15) is 12.7 Å². The van der Waals surface area contributed by atoms with E-state index in [0.717, 1.165) is 15.3 Å². The predicted molar refractivity (Wildman–Crippen MR) is 91.9 cm³/mol. The van der Waals surface area contributed by atoms with Gasteiger partial charge in [0.25, 0.3) is 5.89 Å². The minimum absolute atomic E-state index is 0.135. The van der Waals surface area contributed by atoms with Crippen molar-refractivity contribution in [2.75, 3.05) is 7.05 Å². The summed E-state index contributed by atoms with van der Waals surface area (Å²) in [5, 5.41) is 7.12. The zero-order valence-corrected chi connectivity index (χ0v) is 14.5. The second-order valence-electron chi connectivity index (χ2n) is 5.48. The summed E-state index contributed by atoms with van der Waals surface area (Å²) >= 11 is 1.50. The number of ether oxygens (including phenoxy) is 1. The number of rotatable bonds is 7. The molecule has 0 fully saturated rings. The van der Waals surface area contributed by atoms with Crippen molar-refractivity contribution in [3.05, 3.63) is 42.2 Å². The Morgan fingerprint density at radius 1 is 1.16 bits per heavy atom. The first-order chi connectivity index (χ1) is 12.0. The molecule has 1 N–H and O–H groups in total. The first-order valence-electron chi connectivity index (χ1n) is 7.70. The summed E-state index contributed by atoms with van der Waals surface area (Å²) in [6, 6.07) is 10.6. The van der Waals surface area contributed by atoms with E-state index in [1.807, 2.05) is 26.1 Å². The van der Waals surface area contributed by atoms with E-state index in [9.17, 15) is 8.78 Å². The fourth-order valence-corrected chi connectivity index (χ4v) is 3.15. The lowest BCUT2D eigenvalue weighted by atomic mass is 10.2. The van der Waals surface area contributed by atoms with Gasteiger partial charge in [-0.05, 0) is 55.9 Å². The molecule has 2 heterocycles. The topological polar surface area (TPSA) is 60.2 Å². The number of likely N-dealkylation sites (N-methyl/N-ethyl adjacent to an activating group) is 1. The second-order valence-corrected chi connectivity index (χ2v) is 6.56. The van der Waals surface area contributed by atoms with E-state index in [2.05, 4.69) is 20.2 Å². The van der Waals surface area contributed by atoms with Crippen molar-refractivity contribution >= 4 is 11.3 Å². The van der Waals surface area contributed by atoms with E-state index in [4.69, 9.17) is 4.52 Å². The third-order valence-electron chi connectivity index (χ3n) is 3.63. The molecule has 0 aliphatic heterocycles. The highest BCUT2D eigenvalue weighted by Crippen LogP contribution is 2.34. The van der Waals surface area contributed by atoms with Crippen molar-refractivity contribution in [2.45, 2.75) is 26.0 Å². The molecule has 0 saturated heterocycles. The van der Waals surface area contributed by atoms with Crippen LogP contribution < -0.4 is 10.1 Å². The Bertz CT molecular complexity index is 817. The van der Waals surface area contributed by atoms with Crippen LogP contribution in [0.2, 0.25) is 0 Å². The molecule has 1 aromatic carbocycles. The smallest absolute Gasteiger partial charge is 0.387 e. The largest absolute Gasteiger partial charge is 0.435 e. The summed E-state index contributed by atoms with van der Waals surface area (Å²) in [5.41, 5.74) is 0.904. The van der Waals surface area contributed by atoms with Gasteiger partial charge in [-0.15, -0.1) is 11.3 Å². The zero-order chi connectivity index (χ0) is 17.8. The highest BCUT2D eigenvalue weighted by Gasteiger charge is 2.14. The van der Waals surface area contributed by atoms with Gasteiger partial charge in [0, 0.05) is 17.3 Å². The maximum atomic E-state index is 12.2. The number of thiophene rings is 1. The molecule has 0 aliphatic carbocycles. The molecular weight excluding hydrogens is 348 g/mol. The van der Waals surface area contributed by atoms with Crippen molar-refractivity contribution in [3.63, 3.8) is 0 Å². The summed E-state index contributed by atoms with van der Waals surface area (Å²) in [6.45, 7) is -0.780. The molecule has 0 aliphatic rings. The predicted octanol–water partition coefficient (Wildman–Crippen LogP) is 4.22. The molecular formula is C17H17F2N3O2S. The standard InChI is InChI=1S/C17H17F2N3O2S/c1-10(20-2)9-15-21-16(24-22-15)14-8-7-13(25-14)11-3-5-12(6-4-11)23-17(18)19/h3-8,10,17,20H,9H2,1-2H3.